The van der Waals surface area contributed by atoms with Crippen LogP contribution in [0.2, 0.25) is 0 Å². The van der Waals surface area contributed by atoms with Crippen LogP contribution in [-0.4, -0.2) is 47.2 Å². The molecule has 0 aliphatic carbocycles. The van der Waals surface area contributed by atoms with E-state index < -0.39 is 0 Å². The average molecular weight is 423 g/mol. The minimum Gasteiger partial charge on any atom is -0.352 e. The van der Waals surface area contributed by atoms with Gasteiger partial charge < -0.3 is 9.80 Å². The number of hydrogen-bond acceptors (Lipinski definition) is 4. The Labute approximate surface area is 188 Å². The second-order valence-corrected chi connectivity index (χ2v) is 8.42. The second kappa shape index (κ2) is 8.42. The summed E-state index contributed by atoms with van der Waals surface area (Å²) in [6, 6.07) is 24.5. The van der Waals surface area contributed by atoms with Crippen LogP contribution in [0, 0.1) is 13.8 Å². The topological polar surface area (TPSA) is 49.3 Å². The molecule has 0 spiro atoms. The quantitative estimate of drug-likeness (QED) is 0.472. The number of carbonyl (C=O) groups is 1. The highest BCUT2D eigenvalue weighted by Crippen LogP contribution is 2.22. The lowest BCUT2D eigenvalue weighted by atomic mass is 10.0. The molecule has 0 radical (unpaired) electrons. The third kappa shape index (κ3) is 3.94. The van der Waals surface area contributed by atoms with Gasteiger partial charge in [0.25, 0.3) is 5.91 Å². The van der Waals surface area contributed by atoms with Crippen molar-refractivity contribution in [3.8, 4) is 11.3 Å². The molecule has 0 unspecified atom stereocenters. The third-order valence-electron chi connectivity index (χ3n) is 6.34. The highest BCUT2D eigenvalue weighted by molar-refractivity contribution is 5.98. The number of rotatable bonds is 3. The van der Waals surface area contributed by atoms with Crippen LogP contribution in [0.25, 0.3) is 22.0 Å². The summed E-state index contributed by atoms with van der Waals surface area (Å²) in [7, 11) is 0. The van der Waals surface area contributed by atoms with Gasteiger partial charge in [-0.2, -0.15) is 0 Å². The molecule has 0 saturated carbocycles. The number of nitrogens with zero attached hydrogens (tertiary/aromatic N) is 4. The van der Waals surface area contributed by atoms with Crippen molar-refractivity contribution in [3.05, 3.63) is 89.5 Å². The fourth-order valence-electron chi connectivity index (χ4n) is 4.19. The highest BCUT2D eigenvalue weighted by Gasteiger charge is 2.23. The zero-order chi connectivity index (χ0) is 22.1. The fourth-order valence-corrected chi connectivity index (χ4v) is 4.19. The Hall–Kier alpha value is -3.73. The maximum atomic E-state index is 13.0. The van der Waals surface area contributed by atoms with Gasteiger partial charge in [0.05, 0.1) is 5.69 Å². The molecule has 3 aromatic carbocycles. The Balaban J connectivity index is 1.24. The van der Waals surface area contributed by atoms with Crippen LogP contribution >= 0.6 is 0 Å². The number of piperazine rings is 1. The van der Waals surface area contributed by atoms with Crippen LogP contribution in [0.5, 0.6) is 0 Å². The van der Waals surface area contributed by atoms with E-state index in [4.69, 9.17) is 0 Å². The van der Waals surface area contributed by atoms with Crippen LogP contribution in [0.15, 0.2) is 72.8 Å². The molecule has 0 atom stereocenters. The number of benzene rings is 3. The molecule has 1 amide bonds. The molecule has 5 rings (SSSR count). The van der Waals surface area contributed by atoms with Gasteiger partial charge in [0.1, 0.15) is 0 Å². The van der Waals surface area contributed by atoms with E-state index >= 15 is 0 Å². The molecule has 5 nitrogen and oxygen atoms in total. The smallest absolute Gasteiger partial charge is 0.253 e. The fraction of sp³-hybridized carbons (Fsp3) is 0.222. The largest absolute Gasteiger partial charge is 0.352 e. The van der Waals surface area contributed by atoms with Crippen LogP contribution in [0.3, 0.4) is 0 Å². The molecule has 4 aromatic rings. The van der Waals surface area contributed by atoms with Crippen molar-refractivity contribution in [2.45, 2.75) is 13.8 Å². The zero-order valence-electron chi connectivity index (χ0n) is 18.5. The molecule has 1 aliphatic heterocycles. The van der Waals surface area contributed by atoms with Crippen molar-refractivity contribution in [2.75, 3.05) is 31.1 Å². The Morgan fingerprint density at radius 2 is 1.53 bits per heavy atom. The van der Waals surface area contributed by atoms with Crippen molar-refractivity contribution in [2.24, 2.45) is 0 Å². The lowest BCUT2D eigenvalue weighted by Crippen LogP contribution is -2.49. The Kier molecular flexibility index (Phi) is 5.31. The van der Waals surface area contributed by atoms with Crippen molar-refractivity contribution >= 4 is 22.5 Å². The molecule has 2 heterocycles. The van der Waals surface area contributed by atoms with Crippen molar-refractivity contribution < 1.29 is 4.79 Å². The molecule has 0 bridgehead atoms. The highest BCUT2D eigenvalue weighted by atomic mass is 16.2. The van der Waals surface area contributed by atoms with E-state index in [0.29, 0.717) is 13.1 Å². The summed E-state index contributed by atoms with van der Waals surface area (Å²) in [5, 5.41) is 11.2. The predicted molar refractivity (Wildman–Crippen MR) is 129 cm³/mol. The van der Waals surface area contributed by atoms with Crippen molar-refractivity contribution in [1.82, 2.24) is 15.1 Å². The van der Waals surface area contributed by atoms with E-state index in [1.807, 2.05) is 53.4 Å². The molecular formula is C27H26N4O. The summed E-state index contributed by atoms with van der Waals surface area (Å²) in [6.45, 7) is 7.06. The first kappa shape index (κ1) is 20.2. The number of hydrogen-bond donors (Lipinski definition) is 0. The van der Waals surface area contributed by atoms with Gasteiger partial charge in [-0.1, -0.05) is 42.5 Å². The van der Waals surface area contributed by atoms with E-state index in [1.54, 1.807) is 0 Å². The maximum Gasteiger partial charge on any atom is 0.253 e. The van der Waals surface area contributed by atoms with Gasteiger partial charge in [0.2, 0.25) is 0 Å². The first-order valence-electron chi connectivity index (χ1n) is 11.0. The molecule has 0 N–H and O–H groups in total. The van der Waals surface area contributed by atoms with Gasteiger partial charge in [-0.15, -0.1) is 10.2 Å². The van der Waals surface area contributed by atoms with E-state index in [-0.39, 0.29) is 5.91 Å². The first-order chi connectivity index (χ1) is 15.6. The van der Waals surface area contributed by atoms with E-state index in [1.165, 1.54) is 11.1 Å². The minimum absolute atomic E-state index is 0.0894. The SMILES string of the molecule is Cc1ccc(-c2ccc(N3CCN(C(=O)c4ccc5ccccc5c4)CC3)nn2)cc1C. The Morgan fingerprint density at radius 1 is 0.750 bits per heavy atom. The van der Waals surface area contributed by atoms with Crippen molar-refractivity contribution in [1.29, 1.82) is 0 Å². The van der Waals surface area contributed by atoms with Crippen molar-refractivity contribution in [3.63, 3.8) is 0 Å². The van der Waals surface area contributed by atoms with E-state index in [2.05, 4.69) is 53.2 Å². The van der Waals surface area contributed by atoms with Crippen LogP contribution in [0.1, 0.15) is 21.5 Å². The number of anilines is 1. The monoisotopic (exact) mass is 422 g/mol. The molecule has 1 fully saturated rings. The van der Waals surface area contributed by atoms with Crippen LogP contribution < -0.4 is 4.90 Å². The number of fused-ring (bicyclic) bond motifs is 1. The van der Waals surface area contributed by atoms with Gasteiger partial charge in [-0.3, -0.25) is 4.79 Å². The summed E-state index contributed by atoms with van der Waals surface area (Å²) in [5.74, 6) is 0.946. The number of carbonyl (C=O) groups excluding carboxylic acids is 1. The Bertz CT molecular complexity index is 1270. The van der Waals surface area contributed by atoms with Crippen LogP contribution in [0.4, 0.5) is 5.82 Å². The molecule has 5 heteroatoms. The lowest BCUT2D eigenvalue weighted by molar-refractivity contribution is 0.0746. The summed E-state index contributed by atoms with van der Waals surface area (Å²) >= 11 is 0. The Morgan fingerprint density at radius 3 is 2.25 bits per heavy atom. The second-order valence-electron chi connectivity index (χ2n) is 8.42. The molecule has 32 heavy (non-hydrogen) atoms. The molecule has 1 aliphatic rings. The molecule has 1 saturated heterocycles. The predicted octanol–water partition coefficient (Wildman–Crippen LogP) is 4.88. The molecular weight excluding hydrogens is 396 g/mol. The summed E-state index contributed by atoms with van der Waals surface area (Å²) in [4.78, 5) is 17.1. The number of aryl methyl sites for hydroxylation is 2. The van der Waals surface area contributed by atoms with Gasteiger partial charge in [0, 0.05) is 37.3 Å². The van der Waals surface area contributed by atoms with Gasteiger partial charge >= 0.3 is 0 Å². The van der Waals surface area contributed by atoms with Gasteiger partial charge in [-0.05, 0) is 66.1 Å². The normalized spacial score (nSPS) is 14.1. The standard InChI is InChI=1S/C27H26N4O/c1-19-7-8-23(17-20(19)2)25-11-12-26(29-28-25)30-13-15-31(16-14-30)27(32)24-10-9-21-5-3-4-6-22(21)18-24/h3-12,17-18H,13-16H2,1-2H3. The van der Waals surface area contributed by atoms with Gasteiger partial charge in [0.15, 0.2) is 5.82 Å². The summed E-state index contributed by atoms with van der Waals surface area (Å²) in [6.07, 6.45) is 0. The summed E-state index contributed by atoms with van der Waals surface area (Å²) < 4.78 is 0. The number of aromatic nitrogens is 2. The van der Waals surface area contributed by atoms with E-state index in [9.17, 15) is 4.79 Å². The summed E-state index contributed by atoms with van der Waals surface area (Å²) in [5.41, 5.74) is 5.23. The first-order valence-corrected chi connectivity index (χ1v) is 11.0. The van der Waals surface area contributed by atoms with Gasteiger partial charge in [-0.25, -0.2) is 0 Å². The average Bonchev–Trinajstić information content (AvgIpc) is 2.85. The molecule has 160 valence electrons. The van der Waals surface area contributed by atoms with E-state index in [0.717, 1.165) is 46.5 Å². The number of amides is 1. The maximum absolute atomic E-state index is 13.0. The van der Waals surface area contributed by atoms with Crippen LogP contribution in [-0.2, 0) is 0 Å². The zero-order valence-corrected chi connectivity index (χ0v) is 18.5. The minimum atomic E-state index is 0.0894. The third-order valence-corrected chi connectivity index (χ3v) is 6.34. The molecule has 1 aromatic heterocycles. The lowest BCUT2D eigenvalue weighted by Gasteiger charge is -2.35.